The fraction of sp³-hybridized carbons (Fsp3) is 0.278. The van der Waals surface area contributed by atoms with Crippen LogP contribution in [-0.4, -0.2) is 35.1 Å². The molecule has 118 valence electrons. The number of benzene rings is 1. The lowest BCUT2D eigenvalue weighted by Gasteiger charge is -2.36. The summed E-state index contributed by atoms with van der Waals surface area (Å²) in [6, 6.07) is 12.1. The summed E-state index contributed by atoms with van der Waals surface area (Å²) in [6.07, 6.45) is 2.01. The molecular formula is C18H18N2O2S. The number of aromatic nitrogens is 1. The first-order valence-electron chi connectivity index (χ1n) is 7.72. The molecule has 1 fully saturated rings. The first-order chi connectivity index (χ1) is 11.3. The zero-order chi connectivity index (χ0) is 15.8. The monoisotopic (exact) mass is 326 g/mol. The van der Waals surface area contributed by atoms with Crippen LogP contribution >= 0.6 is 11.3 Å². The Labute approximate surface area is 138 Å². The summed E-state index contributed by atoms with van der Waals surface area (Å²) in [6.45, 7) is 1.76. The lowest BCUT2D eigenvalue weighted by molar-refractivity contribution is -0.00450. The molecule has 23 heavy (non-hydrogen) atoms. The van der Waals surface area contributed by atoms with Crippen molar-refractivity contribution in [2.24, 2.45) is 7.05 Å². The van der Waals surface area contributed by atoms with Crippen molar-refractivity contribution in [3.63, 3.8) is 0 Å². The van der Waals surface area contributed by atoms with Crippen molar-refractivity contribution in [3.8, 4) is 0 Å². The number of fused-ring (bicyclic) bond motifs is 1. The quantitative estimate of drug-likeness (QED) is 0.723. The van der Waals surface area contributed by atoms with Crippen LogP contribution < -0.4 is 0 Å². The van der Waals surface area contributed by atoms with Crippen LogP contribution in [-0.2, 0) is 11.8 Å². The van der Waals surface area contributed by atoms with Gasteiger partial charge in [0.15, 0.2) is 0 Å². The largest absolute Gasteiger partial charge is 0.377 e. The van der Waals surface area contributed by atoms with Gasteiger partial charge in [-0.3, -0.25) is 4.79 Å². The Balaban J connectivity index is 1.72. The van der Waals surface area contributed by atoms with Gasteiger partial charge in [-0.05, 0) is 18.2 Å². The third kappa shape index (κ3) is 2.46. The Morgan fingerprint density at radius 3 is 2.96 bits per heavy atom. The molecule has 0 aliphatic carbocycles. The minimum Gasteiger partial charge on any atom is -0.377 e. The van der Waals surface area contributed by atoms with E-state index in [1.54, 1.807) is 11.3 Å². The number of rotatable bonds is 2. The topological polar surface area (TPSA) is 34.5 Å². The molecule has 1 aliphatic rings. The van der Waals surface area contributed by atoms with E-state index in [2.05, 4.69) is 16.7 Å². The summed E-state index contributed by atoms with van der Waals surface area (Å²) >= 11 is 1.62. The van der Waals surface area contributed by atoms with E-state index >= 15 is 0 Å². The summed E-state index contributed by atoms with van der Waals surface area (Å²) in [5, 5.41) is 3.02. The van der Waals surface area contributed by atoms with E-state index in [1.807, 2.05) is 47.8 Å². The summed E-state index contributed by atoms with van der Waals surface area (Å²) in [5.41, 5.74) is 1.91. The van der Waals surface area contributed by atoms with Crippen molar-refractivity contribution in [1.29, 1.82) is 0 Å². The van der Waals surface area contributed by atoms with Crippen molar-refractivity contribution in [3.05, 3.63) is 59.2 Å². The first-order valence-corrected chi connectivity index (χ1v) is 8.60. The highest BCUT2D eigenvalue weighted by atomic mass is 32.1. The highest BCUT2D eigenvalue weighted by Crippen LogP contribution is 2.31. The Hall–Kier alpha value is -2.11. The summed E-state index contributed by atoms with van der Waals surface area (Å²) in [4.78, 5) is 15.1. The third-order valence-electron chi connectivity index (χ3n) is 4.43. The lowest BCUT2D eigenvalue weighted by atomic mass is 10.1. The number of carbonyl (C=O) groups excluding carboxylic acids is 1. The van der Waals surface area contributed by atoms with Gasteiger partial charge in [0.1, 0.15) is 0 Å². The van der Waals surface area contributed by atoms with Gasteiger partial charge in [0, 0.05) is 40.9 Å². The third-order valence-corrected chi connectivity index (χ3v) is 5.39. The number of ether oxygens (including phenoxy) is 1. The predicted molar refractivity (Wildman–Crippen MR) is 91.8 cm³/mol. The molecule has 0 bridgehead atoms. The first kappa shape index (κ1) is 14.5. The molecule has 1 aromatic carbocycles. The molecule has 1 saturated heterocycles. The predicted octanol–water partition coefficient (Wildman–Crippen LogP) is 3.45. The van der Waals surface area contributed by atoms with Crippen LogP contribution in [0.2, 0.25) is 0 Å². The van der Waals surface area contributed by atoms with Gasteiger partial charge in [-0.15, -0.1) is 11.3 Å². The molecule has 1 atom stereocenters. The van der Waals surface area contributed by atoms with Crippen molar-refractivity contribution in [1.82, 2.24) is 9.47 Å². The molecule has 3 heterocycles. The fourth-order valence-electron chi connectivity index (χ4n) is 3.21. The van der Waals surface area contributed by atoms with Gasteiger partial charge in [-0.1, -0.05) is 18.2 Å². The molecule has 1 amide bonds. The average Bonchev–Trinajstić information content (AvgIpc) is 3.20. The van der Waals surface area contributed by atoms with Crippen molar-refractivity contribution in [2.45, 2.75) is 6.04 Å². The standard InChI is InChI=1S/C18H18N2O2S/c1-19-8-4-6-15(19)16-11-22-10-9-20(16)18(21)14-12-23-17-7-3-2-5-13(14)17/h2-8,12,16H,9-11H2,1H3. The number of morpholine rings is 1. The SMILES string of the molecule is Cn1cccc1C1COCCN1C(=O)c1csc2ccccc12. The molecule has 4 nitrogen and oxygen atoms in total. The molecule has 1 unspecified atom stereocenters. The van der Waals surface area contributed by atoms with Crippen LogP contribution in [0.4, 0.5) is 0 Å². The maximum absolute atomic E-state index is 13.2. The summed E-state index contributed by atoms with van der Waals surface area (Å²) < 4.78 is 8.85. The number of nitrogens with zero attached hydrogens (tertiary/aromatic N) is 2. The molecule has 1 aliphatic heterocycles. The Morgan fingerprint density at radius 2 is 2.13 bits per heavy atom. The Kier molecular flexibility index (Phi) is 3.67. The molecular weight excluding hydrogens is 308 g/mol. The van der Waals surface area contributed by atoms with Gasteiger partial charge in [0.2, 0.25) is 0 Å². The van der Waals surface area contributed by atoms with Gasteiger partial charge in [-0.25, -0.2) is 0 Å². The van der Waals surface area contributed by atoms with Crippen LogP contribution in [0.25, 0.3) is 10.1 Å². The van der Waals surface area contributed by atoms with E-state index in [-0.39, 0.29) is 11.9 Å². The van der Waals surface area contributed by atoms with Crippen molar-refractivity contribution in [2.75, 3.05) is 19.8 Å². The minimum atomic E-state index is -0.0325. The van der Waals surface area contributed by atoms with E-state index in [1.165, 1.54) is 0 Å². The maximum Gasteiger partial charge on any atom is 0.256 e. The Bertz CT molecular complexity index is 851. The number of thiophene rings is 1. The van der Waals surface area contributed by atoms with Crippen LogP contribution in [0, 0.1) is 0 Å². The number of aryl methyl sites for hydroxylation is 1. The van der Waals surface area contributed by atoms with Crippen LogP contribution in [0.5, 0.6) is 0 Å². The molecule has 3 aromatic rings. The smallest absolute Gasteiger partial charge is 0.256 e. The van der Waals surface area contributed by atoms with Gasteiger partial charge in [0.25, 0.3) is 5.91 Å². The molecule has 0 saturated carbocycles. The van der Waals surface area contributed by atoms with Gasteiger partial charge in [0.05, 0.1) is 24.8 Å². The normalized spacial score (nSPS) is 18.5. The van der Waals surface area contributed by atoms with E-state index in [0.717, 1.165) is 21.3 Å². The van der Waals surface area contributed by atoms with E-state index in [4.69, 9.17) is 4.74 Å². The summed E-state index contributed by atoms with van der Waals surface area (Å²) in [7, 11) is 2.01. The average molecular weight is 326 g/mol. The lowest BCUT2D eigenvalue weighted by Crippen LogP contribution is -2.44. The molecule has 0 radical (unpaired) electrons. The van der Waals surface area contributed by atoms with Crippen molar-refractivity contribution < 1.29 is 9.53 Å². The van der Waals surface area contributed by atoms with E-state index < -0.39 is 0 Å². The highest BCUT2D eigenvalue weighted by Gasteiger charge is 2.31. The molecule has 0 N–H and O–H groups in total. The fourth-order valence-corrected chi connectivity index (χ4v) is 4.15. The second kappa shape index (κ2) is 5.83. The van der Waals surface area contributed by atoms with Gasteiger partial charge in [-0.2, -0.15) is 0 Å². The van der Waals surface area contributed by atoms with Crippen LogP contribution in [0.3, 0.4) is 0 Å². The van der Waals surface area contributed by atoms with Gasteiger partial charge >= 0.3 is 0 Å². The number of carbonyl (C=O) groups is 1. The van der Waals surface area contributed by atoms with Crippen LogP contribution in [0.1, 0.15) is 22.1 Å². The second-order valence-corrected chi connectivity index (χ2v) is 6.69. The number of hydrogen-bond acceptors (Lipinski definition) is 3. The molecule has 0 spiro atoms. The second-order valence-electron chi connectivity index (χ2n) is 5.78. The summed E-state index contributed by atoms with van der Waals surface area (Å²) in [5.74, 6) is 0.0944. The van der Waals surface area contributed by atoms with Crippen molar-refractivity contribution >= 4 is 27.3 Å². The van der Waals surface area contributed by atoms with Gasteiger partial charge < -0.3 is 14.2 Å². The number of hydrogen-bond donors (Lipinski definition) is 0. The molecule has 5 heteroatoms. The maximum atomic E-state index is 13.2. The highest BCUT2D eigenvalue weighted by molar-refractivity contribution is 7.17. The molecule has 2 aromatic heterocycles. The van der Waals surface area contributed by atoms with E-state index in [0.29, 0.717) is 19.8 Å². The molecule has 4 rings (SSSR count). The van der Waals surface area contributed by atoms with Crippen LogP contribution in [0.15, 0.2) is 48.0 Å². The zero-order valence-electron chi connectivity index (χ0n) is 12.9. The minimum absolute atomic E-state index is 0.0325. The Morgan fingerprint density at radius 1 is 1.26 bits per heavy atom. The number of amides is 1. The zero-order valence-corrected chi connectivity index (χ0v) is 13.8. The van der Waals surface area contributed by atoms with E-state index in [9.17, 15) is 4.79 Å².